The highest BCUT2D eigenvalue weighted by molar-refractivity contribution is 9.10. The molecule has 0 spiro atoms. The van der Waals surface area contributed by atoms with Crippen LogP contribution in [0.15, 0.2) is 51.8 Å². The summed E-state index contributed by atoms with van der Waals surface area (Å²) in [6, 6.07) is 10.1. The molecule has 24 heavy (non-hydrogen) atoms. The Hall–Kier alpha value is -2.39. The second-order valence-corrected chi connectivity index (χ2v) is 7.53. The van der Waals surface area contributed by atoms with E-state index in [-0.39, 0.29) is 23.0 Å². The van der Waals surface area contributed by atoms with Crippen LogP contribution in [-0.2, 0) is 14.8 Å². The van der Waals surface area contributed by atoms with Gasteiger partial charge in [-0.15, -0.1) is 0 Å². The predicted octanol–water partition coefficient (Wildman–Crippen LogP) is 1.90. The van der Waals surface area contributed by atoms with Crippen LogP contribution in [0.5, 0.6) is 5.75 Å². The molecule has 0 radical (unpaired) electrons. The molecule has 124 valence electrons. The van der Waals surface area contributed by atoms with Gasteiger partial charge in [-0.05, 0) is 42.5 Å². The summed E-state index contributed by atoms with van der Waals surface area (Å²) in [5, 5.41) is 2.56. The number of ether oxygens (including phenoxy) is 1. The number of fused-ring (bicyclic) bond motifs is 1. The lowest BCUT2D eigenvalue weighted by Crippen LogP contribution is -2.31. The number of halogens is 1. The van der Waals surface area contributed by atoms with E-state index in [4.69, 9.17) is 4.74 Å². The number of carbonyl (C=O) groups excluding carboxylic acids is 2. The van der Waals surface area contributed by atoms with Crippen LogP contribution in [0.2, 0.25) is 0 Å². The number of anilines is 1. The summed E-state index contributed by atoms with van der Waals surface area (Å²) in [6.45, 7) is -0.101. The Bertz CT molecular complexity index is 925. The third kappa shape index (κ3) is 3.41. The SMILES string of the molecule is O=C1COc2ccc(C(=O)NS(=O)(=O)c3ccc(Br)cc3)cc2N1. The average molecular weight is 411 g/mol. The van der Waals surface area contributed by atoms with Crippen molar-refractivity contribution in [2.24, 2.45) is 0 Å². The first kappa shape index (κ1) is 16.5. The highest BCUT2D eigenvalue weighted by Crippen LogP contribution is 2.28. The second kappa shape index (κ2) is 6.25. The number of carbonyl (C=O) groups is 2. The van der Waals surface area contributed by atoms with Crippen molar-refractivity contribution in [3.63, 3.8) is 0 Å². The third-order valence-corrected chi connectivity index (χ3v) is 5.10. The van der Waals surface area contributed by atoms with Crippen molar-refractivity contribution >= 4 is 43.5 Å². The van der Waals surface area contributed by atoms with E-state index in [0.29, 0.717) is 11.4 Å². The molecule has 1 aliphatic rings. The van der Waals surface area contributed by atoms with Crippen molar-refractivity contribution in [3.05, 3.63) is 52.5 Å². The van der Waals surface area contributed by atoms with Gasteiger partial charge in [0, 0.05) is 10.0 Å². The van der Waals surface area contributed by atoms with Crippen LogP contribution in [0, 0.1) is 0 Å². The molecule has 3 rings (SSSR count). The molecule has 0 saturated carbocycles. The van der Waals surface area contributed by atoms with E-state index in [1.807, 2.05) is 4.72 Å². The minimum absolute atomic E-state index is 0.0337. The van der Waals surface area contributed by atoms with E-state index < -0.39 is 15.9 Å². The molecule has 0 atom stereocenters. The Kier molecular flexibility index (Phi) is 4.29. The molecule has 2 aromatic rings. The normalized spacial score (nSPS) is 13.5. The van der Waals surface area contributed by atoms with Gasteiger partial charge in [0.25, 0.3) is 21.8 Å². The van der Waals surface area contributed by atoms with Gasteiger partial charge < -0.3 is 10.1 Å². The van der Waals surface area contributed by atoms with Crippen molar-refractivity contribution in [1.29, 1.82) is 0 Å². The van der Waals surface area contributed by atoms with Crippen LogP contribution < -0.4 is 14.8 Å². The maximum Gasteiger partial charge on any atom is 0.265 e. The van der Waals surface area contributed by atoms with Crippen LogP contribution >= 0.6 is 15.9 Å². The van der Waals surface area contributed by atoms with Gasteiger partial charge in [0.15, 0.2) is 6.61 Å². The van der Waals surface area contributed by atoms with E-state index in [9.17, 15) is 18.0 Å². The molecule has 0 fully saturated rings. The zero-order chi connectivity index (χ0) is 17.3. The van der Waals surface area contributed by atoms with Crippen LogP contribution in [0.1, 0.15) is 10.4 Å². The Morgan fingerprint density at radius 1 is 1.17 bits per heavy atom. The Balaban J connectivity index is 1.83. The Labute approximate surface area is 146 Å². The quantitative estimate of drug-likeness (QED) is 0.804. The standard InChI is InChI=1S/C15H11BrN2O5S/c16-10-2-4-11(5-3-10)24(21,22)18-15(20)9-1-6-13-12(7-9)17-14(19)8-23-13/h1-7H,8H2,(H,17,19)(H,18,20). The number of nitrogens with one attached hydrogen (secondary N) is 2. The molecule has 0 aromatic heterocycles. The fourth-order valence-corrected chi connectivity index (χ4v) is 3.32. The van der Waals surface area contributed by atoms with Crippen LogP contribution in [0.4, 0.5) is 5.69 Å². The fourth-order valence-electron chi connectivity index (χ4n) is 2.08. The third-order valence-electron chi connectivity index (χ3n) is 3.23. The molecule has 9 heteroatoms. The first-order chi connectivity index (χ1) is 11.3. The van der Waals surface area contributed by atoms with Crippen LogP contribution in [0.25, 0.3) is 0 Å². The highest BCUT2D eigenvalue weighted by Gasteiger charge is 2.21. The zero-order valence-electron chi connectivity index (χ0n) is 12.1. The average Bonchev–Trinajstić information content (AvgIpc) is 2.54. The fraction of sp³-hybridized carbons (Fsp3) is 0.0667. The number of hydrogen-bond donors (Lipinski definition) is 2. The lowest BCUT2D eigenvalue weighted by molar-refractivity contribution is -0.118. The number of hydrogen-bond acceptors (Lipinski definition) is 5. The smallest absolute Gasteiger partial charge is 0.265 e. The van der Waals surface area contributed by atoms with E-state index in [1.165, 1.54) is 30.3 Å². The van der Waals surface area contributed by atoms with Gasteiger partial charge in [-0.25, -0.2) is 13.1 Å². The van der Waals surface area contributed by atoms with Gasteiger partial charge in [-0.1, -0.05) is 15.9 Å². The molecule has 7 nitrogen and oxygen atoms in total. The molecular formula is C15H11BrN2O5S. The number of benzene rings is 2. The van der Waals surface area contributed by atoms with Gasteiger partial charge in [0.1, 0.15) is 5.75 Å². The van der Waals surface area contributed by atoms with Gasteiger partial charge in [-0.3, -0.25) is 9.59 Å². The zero-order valence-corrected chi connectivity index (χ0v) is 14.5. The van der Waals surface area contributed by atoms with Crippen molar-refractivity contribution < 1.29 is 22.7 Å². The van der Waals surface area contributed by atoms with Crippen LogP contribution in [0.3, 0.4) is 0 Å². The minimum Gasteiger partial charge on any atom is -0.482 e. The number of rotatable bonds is 3. The van der Waals surface area contributed by atoms with Crippen molar-refractivity contribution in [1.82, 2.24) is 4.72 Å². The van der Waals surface area contributed by atoms with E-state index in [1.54, 1.807) is 12.1 Å². The molecule has 0 bridgehead atoms. The molecule has 1 aliphatic heterocycles. The summed E-state index contributed by atoms with van der Waals surface area (Å²) < 4.78 is 32.3. The molecule has 2 aromatic carbocycles. The Morgan fingerprint density at radius 3 is 2.58 bits per heavy atom. The Morgan fingerprint density at radius 2 is 1.88 bits per heavy atom. The summed E-state index contributed by atoms with van der Waals surface area (Å²) in [6.07, 6.45) is 0. The predicted molar refractivity (Wildman–Crippen MR) is 89.4 cm³/mol. The summed E-state index contributed by atoms with van der Waals surface area (Å²) in [5.74, 6) is -0.731. The van der Waals surface area contributed by atoms with Crippen molar-refractivity contribution in [2.45, 2.75) is 4.90 Å². The van der Waals surface area contributed by atoms with Gasteiger partial charge in [0.05, 0.1) is 10.6 Å². The molecule has 2 amide bonds. The highest BCUT2D eigenvalue weighted by atomic mass is 79.9. The van der Waals surface area contributed by atoms with Crippen molar-refractivity contribution in [3.8, 4) is 5.75 Å². The monoisotopic (exact) mass is 410 g/mol. The second-order valence-electron chi connectivity index (χ2n) is 4.94. The molecule has 0 aliphatic carbocycles. The van der Waals surface area contributed by atoms with E-state index >= 15 is 0 Å². The molecule has 2 N–H and O–H groups in total. The summed E-state index contributed by atoms with van der Waals surface area (Å²) in [7, 11) is -4.00. The lowest BCUT2D eigenvalue weighted by atomic mass is 10.1. The minimum atomic E-state index is -4.00. The number of sulfonamides is 1. The van der Waals surface area contributed by atoms with Crippen LogP contribution in [-0.4, -0.2) is 26.8 Å². The van der Waals surface area contributed by atoms with Gasteiger partial charge >= 0.3 is 0 Å². The molecule has 1 heterocycles. The van der Waals surface area contributed by atoms with E-state index in [2.05, 4.69) is 21.2 Å². The van der Waals surface area contributed by atoms with E-state index in [0.717, 1.165) is 4.47 Å². The largest absolute Gasteiger partial charge is 0.482 e. The summed E-state index contributed by atoms with van der Waals surface area (Å²) >= 11 is 3.21. The molecule has 0 unspecified atom stereocenters. The molecule has 0 saturated heterocycles. The first-order valence-electron chi connectivity index (χ1n) is 6.74. The summed E-state index contributed by atoms with van der Waals surface area (Å²) in [4.78, 5) is 23.5. The topological polar surface area (TPSA) is 102 Å². The first-order valence-corrected chi connectivity index (χ1v) is 9.02. The maximum absolute atomic E-state index is 12.2. The van der Waals surface area contributed by atoms with Gasteiger partial charge in [0.2, 0.25) is 0 Å². The number of amides is 2. The van der Waals surface area contributed by atoms with Crippen molar-refractivity contribution in [2.75, 3.05) is 11.9 Å². The maximum atomic E-state index is 12.2. The molecular weight excluding hydrogens is 400 g/mol. The lowest BCUT2D eigenvalue weighted by Gasteiger charge is -2.18. The van der Waals surface area contributed by atoms with Gasteiger partial charge in [-0.2, -0.15) is 0 Å². The summed E-state index contributed by atoms with van der Waals surface area (Å²) in [5.41, 5.74) is 0.403.